The zero-order chi connectivity index (χ0) is 13.1. The number of para-hydroxylation sites is 1. The lowest BCUT2D eigenvalue weighted by Gasteiger charge is -2.24. The molecule has 0 bridgehead atoms. The Labute approximate surface area is 108 Å². The zero-order valence-corrected chi connectivity index (χ0v) is 11.6. The van der Waals surface area contributed by atoms with Crippen LogP contribution in [0.15, 0.2) is 18.2 Å². The standard InChI is InChI=1S/C14H19ClO2/c1-10-6-5-7-11(14(2,3)4)13(10)17-9-8-12(15)16/h5-7H,8-9H2,1-4H3. The molecule has 0 saturated carbocycles. The third-order valence-corrected chi connectivity index (χ3v) is 2.75. The maximum atomic E-state index is 10.7. The molecule has 0 atom stereocenters. The van der Waals surface area contributed by atoms with Crippen molar-refractivity contribution in [1.29, 1.82) is 0 Å². The van der Waals surface area contributed by atoms with Crippen molar-refractivity contribution >= 4 is 16.8 Å². The first-order valence-electron chi connectivity index (χ1n) is 5.73. The summed E-state index contributed by atoms with van der Waals surface area (Å²) >= 11 is 5.29. The Morgan fingerprint density at radius 1 is 1.35 bits per heavy atom. The fraction of sp³-hybridized carbons (Fsp3) is 0.500. The van der Waals surface area contributed by atoms with E-state index in [4.69, 9.17) is 16.3 Å². The summed E-state index contributed by atoms with van der Waals surface area (Å²) in [6.45, 7) is 8.76. The molecule has 0 saturated heterocycles. The van der Waals surface area contributed by atoms with Gasteiger partial charge in [-0.2, -0.15) is 0 Å². The second kappa shape index (κ2) is 5.54. The van der Waals surface area contributed by atoms with Gasteiger partial charge in [0.25, 0.3) is 0 Å². The average Bonchev–Trinajstić information content (AvgIpc) is 2.18. The van der Waals surface area contributed by atoms with Crippen LogP contribution in [0.5, 0.6) is 5.75 Å². The number of rotatable bonds is 4. The Bertz CT molecular complexity index is 405. The molecule has 94 valence electrons. The lowest BCUT2D eigenvalue weighted by Crippen LogP contribution is -2.15. The monoisotopic (exact) mass is 254 g/mol. The van der Waals surface area contributed by atoms with Crippen molar-refractivity contribution in [1.82, 2.24) is 0 Å². The summed E-state index contributed by atoms with van der Waals surface area (Å²) in [4.78, 5) is 10.7. The molecule has 0 N–H and O–H groups in total. The molecule has 0 fully saturated rings. The van der Waals surface area contributed by atoms with Gasteiger partial charge in [0.1, 0.15) is 5.75 Å². The van der Waals surface area contributed by atoms with Crippen LogP contribution in [0.2, 0.25) is 0 Å². The molecular formula is C14H19ClO2. The molecule has 0 aliphatic rings. The quantitative estimate of drug-likeness (QED) is 0.764. The maximum absolute atomic E-state index is 10.7. The third kappa shape index (κ3) is 4.04. The van der Waals surface area contributed by atoms with E-state index in [1.807, 2.05) is 19.1 Å². The van der Waals surface area contributed by atoms with Crippen LogP contribution < -0.4 is 4.74 Å². The number of halogens is 1. The van der Waals surface area contributed by atoms with E-state index in [2.05, 4.69) is 26.8 Å². The predicted octanol–water partition coefficient (Wildman–Crippen LogP) is 3.83. The van der Waals surface area contributed by atoms with E-state index in [-0.39, 0.29) is 17.1 Å². The second-order valence-corrected chi connectivity index (χ2v) is 5.58. The van der Waals surface area contributed by atoms with E-state index in [0.717, 1.165) is 16.9 Å². The number of ether oxygens (including phenoxy) is 1. The van der Waals surface area contributed by atoms with Crippen LogP contribution in [0.25, 0.3) is 0 Å². The summed E-state index contributed by atoms with van der Waals surface area (Å²) in [6.07, 6.45) is 0.236. The molecule has 2 nitrogen and oxygen atoms in total. The van der Waals surface area contributed by atoms with E-state index in [1.54, 1.807) is 0 Å². The molecule has 1 rings (SSSR count). The summed E-state index contributed by atoms with van der Waals surface area (Å²) in [5, 5.41) is -0.365. The summed E-state index contributed by atoms with van der Waals surface area (Å²) in [6, 6.07) is 6.09. The van der Waals surface area contributed by atoms with Crippen LogP contribution >= 0.6 is 11.6 Å². The summed E-state index contributed by atoms with van der Waals surface area (Å²) in [5.74, 6) is 0.873. The van der Waals surface area contributed by atoms with Crippen LogP contribution in [0, 0.1) is 6.92 Å². The summed E-state index contributed by atoms with van der Waals surface area (Å²) in [7, 11) is 0. The third-order valence-electron chi connectivity index (χ3n) is 2.56. The zero-order valence-electron chi connectivity index (χ0n) is 10.8. The van der Waals surface area contributed by atoms with Gasteiger partial charge >= 0.3 is 0 Å². The predicted molar refractivity (Wildman–Crippen MR) is 70.9 cm³/mol. The van der Waals surface area contributed by atoms with Crippen molar-refractivity contribution in [3.63, 3.8) is 0 Å². The van der Waals surface area contributed by atoms with Gasteiger partial charge in [-0.1, -0.05) is 39.0 Å². The minimum Gasteiger partial charge on any atom is -0.492 e. The van der Waals surface area contributed by atoms with Gasteiger partial charge in [0.2, 0.25) is 5.24 Å². The van der Waals surface area contributed by atoms with Crippen LogP contribution in [-0.2, 0) is 10.2 Å². The Morgan fingerprint density at radius 3 is 2.53 bits per heavy atom. The highest BCUT2D eigenvalue weighted by molar-refractivity contribution is 6.63. The topological polar surface area (TPSA) is 26.3 Å². The van der Waals surface area contributed by atoms with E-state index in [0.29, 0.717) is 6.61 Å². The van der Waals surface area contributed by atoms with Gasteiger partial charge in [-0.25, -0.2) is 0 Å². The van der Waals surface area contributed by atoms with Crippen LogP contribution in [0.4, 0.5) is 0 Å². The summed E-state index contributed by atoms with van der Waals surface area (Å²) in [5.41, 5.74) is 2.26. The molecule has 0 aliphatic carbocycles. The average molecular weight is 255 g/mol. The molecule has 1 aromatic carbocycles. The van der Waals surface area contributed by atoms with E-state index < -0.39 is 0 Å². The largest absolute Gasteiger partial charge is 0.492 e. The van der Waals surface area contributed by atoms with Crippen molar-refractivity contribution in [3.05, 3.63) is 29.3 Å². The highest BCUT2D eigenvalue weighted by atomic mass is 35.5. The van der Waals surface area contributed by atoms with Crippen LogP contribution in [0.1, 0.15) is 38.3 Å². The van der Waals surface area contributed by atoms with Crippen LogP contribution in [-0.4, -0.2) is 11.8 Å². The number of carbonyl (C=O) groups is 1. The van der Waals surface area contributed by atoms with Gasteiger partial charge < -0.3 is 4.74 Å². The molecule has 0 heterocycles. The smallest absolute Gasteiger partial charge is 0.225 e. The Morgan fingerprint density at radius 2 is 2.00 bits per heavy atom. The highest BCUT2D eigenvalue weighted by Crippen LogP contribution is 2.33. The molecule has 0 amide bonds. The lowest BCUT2D eigenvalue weighted by atomic mass is 9.85. The van der Waals surface area contributed by atoms with Gasteiger partial charge in [-0.15, -0.1) is 0 Å². The first-order chi connectivity index (χ1) is 7.82. The lowest BCUT2D eigenvalue weighted by molar-refractivity contribution is -0.112. The molecule has 0 spiro atoms. The van der Waals surface area contributed by atoms with Gasteiger partial charge in [0.05, 0.1) is 13.0 Å². The van der Waals surface area contributed by atoms with Crippen molar-refractivity contribution in [3.8, 4) is 5.75 Å². The number of hydrogen-bond acceptors (Lipinski definition) is 2. The molecule has 1 aromatic rings. The number of carbonyl (C=O) groups excluding carboxylic acids is 1. The van der Waals surface area contributed by atoms with E-state index in [1.165, 1.54) is 0 Å². The Hall–Kier alpha value is -1.02. The van der Waals surface area contributed by atoms with Gasteiger partial charge in [-0.05, 0) is 35.1 Å². The molecule has 0 aromatic heterocycles. The van der Waals surface area contributed by atoms with Crippen LogP contribution in [0.3, 0.4) is 0 Å². The first kappa shape index (κ1) is 14.0. The van der Waals surface area contributed by atoms with Gasteiger partial charge in [0, 0.05) is 0 Å². The van der Waals surface area contributed by atoms with E-state index in [9.17, 15) is 4.79 Å². The molecule has 0 aliphatic heterocycles. The first-order valence-corrected chi connectivity index (χ1v) is 6.11. The molecule has 17 heavy (non-hydrogen) atoms. The second-order valence-electron chi connectivity index (χ2n) is 5.16. The van der Waals surface area contributed by atoms with Crippen molar-refractivity contribution in [2.24, 2.45) is 0 Å². The Kier molecular flexibility index (Phi) is 4.58. The van der Waals surface area contributed by atoms with Crippen molar-refractivity contribution < 1.29 is 9.53 Å². The van der Waals surface area contributed by atoms with Gasteiger partial charge in [0.15, 0.2) is 0 Å². The molecule has 0 radical (unpaired) electrons. The van der Waals surface area contributed by atoms with Crippen molar-refractivity contribution in [2.45, 2.75) is 39.5 Å². The number of benzene rings is 1. The van der Waals surface area contributed by atoms with E-state index >= 15 is 0 Å². The fourth-order valence-corrected chi connectivity index (χ4v) is 1.75. The number of hydrogen-bond donors (Lipinski definition) is 0. The van der Waals surface area contributed by atoms with Gasteiger partial charge in [-0.3, -0.25) is 4.79 Å². The summed E-state index contributed by atoms with van der Waals surface area (Å²) < 4.78 is 5.70. The molecule has 0 unspecified atom stereocenters. The normalized spacial score (nSPS) is 11.4. The highest BCUT2D eigenvalue weighted by Gasteiger charge is 2.20. The maximum Gasteiger partial charge on any atom is 0.225 e. The Balaban J connectivity index is 2.92. The fourth-order valence-electron chi connectivity index (χ4n) is 1.67. The van der Waals surface area contributed by atoms with Crippen molar-refractivity contribution in [2.75, 3.05) is 6.61 Å². The SMILES string of the molecule is Cc1cccc(C(C)(C)C)c1OCCC(=O)Cl. The number of aryl methyl sites for hydroxylation is 1. The minimum atomic E-state index is -0.365. The molecular weight excluding hydrogens is 236 g/mol. The molecule has 3 heteroatoms. The minimum absolute atomic E-state index is 0.0202.